The first-order chi connectivity index (χ1) is 24.2. The van der Waals surface area contributed by atoms with Gasteiger partial charge in [0.25, 0.3) is 5.91 Å². The third-order valence-electron chi connectivity index (χ3n) is 10.2. The zero-order chi connectivity index (χ0) is 34.8. The zero-order valence-corrected chi connectivity index (χ0v) is 28.2. The van der Waals surface area contributed by atoms with Gasteiger partial charge in [0.2, 0.25) is 0 Å². The number of hydrogen-bond acceptors (Lipinski definition) is 6. The first-order valence-electron chi connectivity index (χ1n) is 17.0. The van der Waals surface area contributed by atoms with E-state index in [0.717, 1.165) is 5.56 Å². The van der Waals surface area contributed by atoms with Crippen LogP contribution in [0.15, 0.2) is 138 Å². The monoisotopic (exact) mass is 660 g/mol. The number of carbonyl (C=O) groups excluding carboxylic acids is 4. The van der Waals surface area contributed by atoms with Crippen molar-refractivity contribution in [2.45, 2.75) is 40.2 Å². The molecule has 50 heavy (non-hydrogen) atoms. The fraction of sp³-hybridized carbons (Fsp3) is 0.209. The summed E-state index contributed by atoms with van der Waals surface area (Å²) in [5, 5.41) is 0. The standard InChI is InChI=1S/C43H36N2O5/c1-4-50-40(48)36-37(28-18-10-6-11-19-28)45(29-20-12-7-13-21-29)41(49)43(36)34-32(24-42(2,3)25-33(34)46)44(26-27-16-8-5-9-17-27)38-30-22-14-15-23-31(30)39(47)35(38)43/h5-23H,4,24-26H2,1-3H3. The van der Waals surface area contributed by atoms with Crippen LogP contribution in [0.2, 0.25) is 0 Å². The first-order valence-corrected chi connectivity index (χ1v) is 17.0. The normalized spacial score (nSPS) is 20.8. The number of allylic oxidation sites excluding steroid dienone is 1. The molecule has 2 aliphatic carbocycles. The largest absolute Gasteiger partial charge is 0.463 e. The average molecular weight is 661 g/mol. The van der Waals surface area contributed by atoms with Crippen LogP contribution >= 0.6 is 0 Å². The first kappa shape index (κ1) is 31.4. The third-order valence-corrected chi connectivity index (χ3v) is 10.2. The molecule has 8 rings (SSSR count). The summed E-state index contributed by atoms with van der Waals surface area (Å²) in [6, 6.07) is 35.5. The molecule has 1 atom stereocenters. The van der Waals surface area contributed by atoms with E-state index in [2.05, 4.69) is 4.90 Å². The van der Waals surface area contributed by atoms with Crippen LogP contribution in [0.1, 0.15) is 60.7 Å². The molecule has 0 N–H and O–H groups in total. The Kier molecular flexibility index (Phi) is 7.33. The molecule has 4 aromatic rings. The molecule has 4 aliphatic rings. The van der Waals surface area contributed by atoms with Crippen LogP contribution in [0, 0.1) is 10.8 Å². The lowest BCUT2D eigenvalue weighted by Gasteiger charge is -2.48. The number of hydrogen-bond donors (Lipinski definition) is 0. The van der Waals surface area contributed by atoms with E-state index in [4.69, 9.17) is 4.74 Å². The molecule has 1 unspecified atom stereocenters. The van der Waals surface area contributed by atoms with Gasteiger partial charge in [-0.2, -0.15) is 0 Å². The van der Waals surface area contributed by atoms with E-state index in [-0.39, 0.29) is 41.3 Å². The van der Waals surface area contributed by atoms with Gasteiger partial charge in [0, 0.05) is 46.6 Å². The Morgan fingerprint density at radius 1 is 0.720 bits per heavy atom. The van der Waals surface area contributed by atoms with Crippen molar-refractivity contribution in [2.75, 3.05) is 11.5 Å². The molecule has 1 amide bonds. The van der Waals surface area contributed by atoms with Crippen LogP contribution in [0.5, 0.6) is 0 Å². The quantitative estimate of drug-likeness (QED) is 0.197. The van der Waals surface area contributed by atoms with Crippen LogP contribution < -0.4 is 4.90 Å². The number of carbonyl (C=O) groups is 4. The van der Waals surface area contributed by atoms with Crippen molar-refractivity contribution in [1.82, 2.24) is 4.90 Å². The number of fused-ring (bicyclic) bond motifs is 4. The van der Waals surface area contributed by atoms with E-state index in [1.165, 1.54) is 4.90 Å². The summed E-state index contributed by atoms with van der Waals surface area (Å²) in [7, 11) is 0. The number of ketones is 2. The van der Waals surface area contributed by atoms with Crippen molar-refractivity contribution < 1.29 is 23.9 Å². The van der Waals surface area contributed by atoms with Gasteiger partial charge in [-0.25, -0.2) is 4.79 Å². The molecule has 0 saturated heterocycles. The van der Waals surface area contributed by atoms with Gasteiger partial charge in [-0.1, -0.05) is 117 Å². The van der Waals surface area contributed by atoms with Crippen LogP contribution in [-0.2, 0) is 25.7 Å². The number of anilines is 1. The molecule has 7 nitrogen and oxygen atoms in total. The minimum absolute atomic E-state index is 0.00650. The van der Waals surface area contributed by atoms with Gasteiger partial charge in [0.15, 0.2) is 11.6 Å². The maximum atomic E-state index is 15.9. The van der Waals surface area contributed by atoms with Crippen molar-refractivity contribution >= 4 is 40.5 Å². The number of nitrogens with zero attached hydrogens (tertiary/aromatic N) is 2. The molecule has 2 aliphatic heterocycles. The molecule has 0 saturated carbocycles. The molecule has 2 heterocycles. The molecule has 4 aromatic carbocycles. The smallest absolute Gasteiger partial charge is 0.337 e. The van der Waals surface area contributed by atoms with E-state index in [0.29, 0.717) is 52.4 Å². The van der Waals surface area contributed by atoms with Crippen LogP contribution in [-0.4, -0.2) is 34.9 Å². The Bertz CT molecular complexity index is 2200. The fourth-order valence-electron chi connectivity index (χ4n) is 8.31. The highest BCUT2D eigenvalue weighted by Gasteiger charge is 2.68. The molecular weight excluding hydrogens is 624 g/mol. The molecule has 248 valence electrons. The van der Waals surface area contributed by atoms with Crippen LogP contribution in [0.4, 0.5) is 5.69 Å². The predicted octanol–water partition coefficient (Wildman–Crippen LogP) is 7.76. The Morgan fingerprint density at radius 2 is 1.32 bits per heavy atom. The fourth-order valence-corrected chi connectivity index (χ4v) is 8.31. The summed E-state index contributed by atoms with van der Waals surface area (Å²) in [6.45, 7) is 6.20. The van der Waals surface area contributed by atoms with Gasteiger partial charge in [-0.05, 0) is 42.0 Å². The molecule has 0 fully saturated rings. The SMILES string of the molecule is CCOC(=O)C1=C(c2ccccc2)N(c2ccccc2)C(=O)C12C1=C(CC(C)(C)CC1=O)N(Cc1ccccc1)C1=C2C(=O)c2ccccc21. The number of para-hydroxylation sites is 1. The Labute approximate surface area is 291 Å². The minimum atomic E-state index is -2.06. The van der Waals surface area contributed by atoms with Gasteiger partial charge in [-0.3, -0.25) is 19.3 Å². The molecule has 1 spiro atoms. The van der Waals surface area contributed by atoms with Crippen molar-refractivity contribution in [1.29, 1.82) is 0 Å². The lowest BCUT2D eigenvalue weighted by atomic mass is 9.59. The lowest BCUT2D eigenvalue weighted by Crippen LogP contribution is -2.51. The van der Waals surface area contributed by atoms with E-state index in [1.54, 1.807) is 31.2 Å². The van der Waals surface area contributed by atoms with Gasteiger partial charge in [-0.15, -0.1) is 0 Å². The highest BCUT2D eigenvalue weighted by molar-refractivity contribution is 6.36. The summed E-state index contributed by atoms with van der Waals surface area (Å²) in [6.07, 6.45) is 0.594. The maximum Gasteiger partial charge on any atom is 0.337 e. The molecular formula is C43H36N2O5. The number of benzene rings is 4. The Balaban J connectivity index is 1.55. The van der Waals surface area contributed by atoms with Crippen molar-refractivity contribution in [3.8, 4) is 0 Å². The highest BCUT2D eigenvalue weighted by Crippen LogP contribution is 2.64. The van der Waals surface area contributed by atoms with E-state index in [9.17, 15) is 9.59 Å². The van der Waals surface area contributed by atoms with Gasteiger partial charge in [0.1, 0.15) is 5.41 Å². The summed E-state index contributed by atoms with van der Waals surface area (Å²) >= 11 is 0. The molecule has 0 radical (unpaired) electrons. The van der Waals surface area contributed by atoms with Crippen molar-refractivity contribution in [3.05, 3.63) is 160 Å². The van der Waals surface area contributed by atoms with Crippen molar-refractivity contribution in [3.63, 3.8) is 0 Å². The highest BCUT2D eigenvalue weighted by atomic mass is 16.5. The van der Waals surface area contributed by atoms with E-state index < -0.39 is 22.7 Å². The maximum absolute atomic E-state index is 15.9. The van der Waals surface area contributed by atoms with Crippen LogP contribution in [0.3, 0.4) is 0 Å². The van der Waals surface area contributed by atoms with Gasteiger partial charge in [0.05, 0.1) is 23.6 Å². The van der Waals surface area contributed by atoms with Crippen molar-refractivity contribution in [2.24, 2.45) is 10.8 Å². The number of rotatable bonds is 6. The minimum Gasteiger partial charge on any atom is -0.463 e. The van der Waals surface area contributed by atoms with Gasteiger partial charge < -0.3 is 9.64 Å². The molecule has 7 heteroatoms. The summed E-state index contributed by atoms with van der Waals surface area (Å²) in [5.41, 5.74) is 2.47. The molecule has 0 aromatic heterocycles. The zero-order valence-electron chi connectivity index (χ0n) is 28.2. The summed E-state index contributed by atoms with van der Waals surface area (Å²) in [5.74, 6) is -1.92. The molecule has 0 bridgehead atoms. The third kappa shape index (κ3) is 4.49. The second-order valence-corrected chi connectivity index (χ2v) is 14.0. The number of esters is 1. The van der Waals surface area contributed by atoms with Crippen LogP contribution in [0.25, 0.3) is 11.4 Å². The number of amides is 1. The number of Topliss-reactive ketones (excluding diaryl/α,β-unsaturated/α-hetero) is 2. The topological polar surface area (TPSA) is 84.0 Å². The Hall–Kier alpha value is -5.82. The summed E-state index contributed by atoms with van der Waals surface area (Å²) < 4.78 is 5.82. The predicted molar refractivity (Wildman–Crippen MR) is 191 cm³/mol. The second kappa shape index (κ2) is 11.7. The second-order valence-electron chi connectivity index (χ2n) is 14.0. The van der Waals surface area contributed by atoms with E-state index >= 15 is 9.59 Å². The van der Waals surface area contributed by atoms with E-state index in [1.807, 2.05) is 105 Å². The van der Waals surface area contributed by atoms with Gasteiger partial charge >= 0.3 is 5.97 Å². The average Bonchev–Trinajstić information content (AvgIpc) is 3.56. The number of ether oxygens (including phenoxy) is 1. The lowest BCUT2D eigenvalue weighted by molar-refractivity contribution is -0.140. The Morgan fingerprint density at radius 3 is 1.98 bits per heavy atom. The summed E-state index contributed by atoms with van der Waals surface area (Å²) in [4.78, 5) is 64.3.